The number of carbonyl (C=O) groups excluding carboxylic acids is 1. The summed E-state index contributed by atoms with van der Waals surface area (Å²) in [7, 11) is 0. The molecule has 1 aromatic rings. The second kappa shape index (κ2) is 3.99. The molecule has 0 bridgehead atoms. The fraction of sp³-hybridized carbons (Fsp3) is 0.429. The van der Waals surface area contributed by atoms with Crippen LogP contribution in [0.2, 0.25) is 0 Å². The molecule has 0 fully saturated rings. The predicted octanol–water partition coefficient (Wildman–Crippen LogP) is -0.779. The van der Waals surface area contributed by atoms with Gasteiger partial charge in [-0.2, -0.15) is 0 Å². The number of carbonyl (C=O) groups is 1. The summed E-state index contributed by atoms with van der Waals surface area (Å²) in [6.45, 7) is -0.429. The molecule has 0 saturated carbocycles. The standard InChI is InChI=1S/C7H10N2O3/c10-3-6(4-11)9-2-1-8-7(9)5-12/h1-2,5-6,10-11H,3-4H2. The van der Waals surface area contributed by atoms with Gasteiger partial charge in [0.15, 0.2) is 12.1 Å². The number of hydrogen-bond acceptors (Lipinski definition) is 4. The van der Waals surface area contributed by atoms with Crippen LogP contribution in [-0.2, 0) is 0 Å². The number of aliphatic hydroxyl groups is 2. The Morgan fingerprint density at radius 3 is 2.75 bits per heavy atom. The Kier molecular flexibility index (Phi) is 2.95. The van der Waals surface area contributed by atoms with E-state index >= 15 is 0 Å². The molecule has 2 N–H and O–H groups in total. The summed E-state index contributed by atoms with van der Waals surface area (Å²) in [6.07, 6.45) is 3.57. The fourth-order valence-corrected chi connectivity index (χ4v) is 0.958. The maximum absolute atomic E-state index is 10.4. The van der Waals surface area contributed by atoms with Crippen LogP contribution in [0.25, 0.3) is 0 Å². The lowest BCUT2D eigenvalue weighted by atomic mass is 10.3. The van der Waals surface area contributed by atoms with Gasteiger partial charge in [-0.05, 0) is 0 Å². The van der Waals surface area contributed by atoms with E-state index in [-0.39, 0.29) is 19.0 Å². The van der Waals surface area contributed by atoms with Crippen molar-refractivity contribution in [3.8, 4) is 0 Å². The first-order valence-corrected chi connectivity index (χ1v) is 3.53. The van der Waals surface area contributed by atoms with Crippen molar-refractivity contribution in [3.05, 3.63) is 18.2 Å². The van der Waals surface area contributed by atoms with E-state index < -0.39 is 6.04 Å². The fourth-order valence-electron chi connectivity index (χ4n) is 0.958. The molecular weight excluding hydrogens is 160 g/mol. The molecule has 66 valence electrons. The highest BCUT2D eigenvalue weighted by molar-refractivity contribution is 5.69. The summed E-state index contributed by atoms with van der Waals surface area (Å²) in [4.78, 5) is 14.1. The van der Waals surface area contributed by atoms with Crippen molar-refractivity contribution >= 4 is 6.29 Å². The van der Waals surface area contributed by atoms with Gasteiger partial charge in [0.25, 0.3) is 0 Å². The Bertz CT molecular complexity index is 255. The van der Waals surface area contributed by atoms with E-state index in [4.69, 9.17) is 10.2 Å². The number of nitrogens with zero attached hydrogens (tertiary/aromatic N) is 2. The largest absolute Gasteiger partial charge is 0.394 e. The Hall–Kier alpha value is -1.20. The normalized spacial score (nSPS) is 10.6. The highest BCUT2D eigenvalue weighted by Crippen LogP contribution is 2.06. The third kappa shape index (κ3) is 1.51. The van der Waals surface area contributed by atoms with Crippen LogP contribution in [-0.4, -0.2) is 39.3 Å². The highest BCUT2D eigenvalue weighted by Gasteiger charge is 2.11. The summed E-state index contributed by atoms with van der Waals surface area (Å²) < 4.78 is 1.44. The van der Waals surface area contributed by atoms with Crippen LogP contribution in [0.15, 0.2) is 12.4 Å². The SMILES string of the molecule is O=Cc1nccn1C(CO)CO. The smallest absolute Gasteiger partial charge is 0.185 e. The second-order valence-electron chi connectivity index (χ2n) is 2.33. The van der Waals surface area contributed by atoms with Crippen LogP contribution in [0.3, 0.4) is 0 Å². The summed E-state index contributed by atoms with van der Waals surface area (Å²) in [5, 5.41) is 17.6. The lowest BCUT2D eigenvalue weighted by Gasteiger charge is -2.13. The molecule has 0 aromatic carbocycles. The molecule has 5 nitrogen and oxygen atoms in total. The molecule has 0 spiro atoms. The van der Waals surface area contributed by atoms with Gasteiger partial charge in [-0.25, -0.2) is 4.98 Å². The third-order valence-electron chi connectivity index (χ3n) is 1.62. The van der Waals surface area contributed by atoms with Crippen molar-refractivity contribution in [3.63, 3.8) is 0 Å². The summed E-state index contributed by atoms with van der Waals surface area (Å²) in [5.41, 5.74) is 0. The van der Waals surface area contributed by atoms with Crippen LogP contribution < -0.4 is 0 Å². The first-order chi connectivity index (χ1) is 5.83. The molecule has 1 heterocycles. The van der Waals surface area contributed by atoms with Gasteiger partial charge < -0.3 is 14.8 Å². The lowest BCUT2D eigenvalue weighted by Crippen LogP contribution is -2.18. The van der Waals surface area contributed by atoms with Gasteiger partial charge in [0.05, 0.1) is 19.3 Å². The number of aliphatic hydroxyl groups excluding tert-OH is 2. The molecule has 0 aliphatic carbocycles. The van der Waals surface area contributed by atoms with Gasteiger partial charge in [0.1, 0.15) is 0 Å². The maximum atomic E-state index is 10.4. The number of rotatable bonds is 4. The number of aromatic nitrogens is 2. The van der Waals surface area contributed by atoms with E-state index in [1.54, 1.807) is 6.20 Å². The summed E-state index contributed by atoms with van der Waals surface area (Å²) in [5.74, 6) is 0.211. The van der Waals surface area contributed by atoms with Gasteiger partial charge in [-0.3, -0.25) is 4.79 Å². The average molecular weight is 170 g/mol. The van der Waals surface area contributed by atoms with Crippen LogP contribution in [0.1, 0.15) is 16.7 Å². The number of aldehydes is 1. The minimum atomic E-state index is -0.479. The van der Waals surface area contributed by atoms with Crippen molar-refractivity contribution in [1.82, 2.24) is 9.55 Å². The van der Waals surface area contributed by atoms with Crippen molar-refractivity contribution < 1.29 is 15.0 Å². The van der Waals surface area contributed by atoms with Crippen molar-refractivity contribution in [2.24, 2.45) is 0 Å². The van der Waals surface area contributed by atoms with Gasteiger partial charge >= 0.3 is 0 Å². The minimum Gasteiger partial charge on any atom is -0.394 e. The molecule has 0 atom stereocenters. The topological polar surface area (TPSA) is 75.4 Å². The monoisotopic (exact) mass is 170 g/mol. The third-order valence-corrected chi connectivity index (χ3v) is 1.62. The van der Waals surface area contributed by atoms with Crippen molar-refractivity contribution in [2.45, 2.75) is 6.04 Å². The minimum absolute atomic E-state index is 0.211. The molecule has 12 heavy (non-hydrogen) atoms. The van der Waals surface area contributed by atoms with Gasteiger partial charge in [0, 0.05) is 12.4 Å². The molecule has 0 aliphatic heterocycles. The zero-order valence-electron chi connectivity index (χ0n) is 6.42. The van der Waals surface area contributed by atoms with E-state index in [2.05, 4.69) is 4.98 Å². The first-order valence-electron chi connectivity index (χ1n) is 3.53. The molecule has 5 heteroatoms. The second-order valence-corrected chi connectivity index (χ2v) is 2.33. The van der Waals surface area contributed by atoms with Crippen LogP contribution in [0.5, 0.6) is 0 Å². The van der Waals surface area contributed by atoms with Crippen LogP contribution in [0.4, 0.5) is 0 Å². The molecule has 0 unspecified atom stereocenters. The summed E-state index contributed by atoms with van der Waals surface area (Å²) >= 11 is 0. The molecule has 1 rings (SSSR count). The molecule has 0 amide bonds. The molecule has 0 aliphatic rings. The maximum Gasteiger partial charge on any atom is 0.185 e. The first kappa shape index (κ1) is 8.89. The average Bonchev–Trinajstić information content (AvgIpc) is 2.55. The van der Waals surface area contributed by atoms with Crippen LogP contribution in [0, 0.1) is 0 Å². The van der Waals surface area contributed by atoms with Crippen molar-refractivity contribution in [2.75, 3.05) is 13.2 Å². The van der Waals surface area contributed by atoms with Crippen LogP contribution >= 0.6 is 0 Å². The Balaban J connectivity index is 2.90. The summed E-state index contributed by atoms with van der Waals surface area (Å²) in [6, 6.07) is -0.479. The Morgan fingerprint density at radius 1 is 1.58 bits per heavy atom. The lowest BCUT2D eigenvalue weighted by molar-refractivity contribution is 0.109. The van der Waals surface area contributed by atoms with E-state index in [0.717, 1.165) is 0 Å². The highest BCUT2D eigenvalue weighted by atomic mass is 16.3. The molecule has 0 saturated heterocycles. The van der Waals surface area contributed by atoms with Gasteiger partial charge in [0.2, 0.25) is 0 Å². The van der Waals surface area contributed by atoms with Crippen molar-refractivity contribution in [1.29, 1.82) is 0 Å². The number of hydrogen-bond donors (Lipinski definition) is 2. The zero-order chi connectivity index (χ0) is 8.97. The molecular formula is C7H10N2O3. The van der Waals surface area contributed by atoms with Gasteiger partial charge in [-0.1, -0.05) is 0 Å². The van der Waals surface area contributed by atoms with E-state index in [0.29, 0.717) is 6.29 Å². The quantitative estimate of drug-likeness (QED) is 0.581. The Morgan fingerprint density at radius 2 is 2.25 bits per heavy atom. The van der Waals surface area contributed by atoms with E-state index in [1.807, 2.05) is 0 Å². The molecule has 1 aromatic heterocycles. The molecule has 0 radical (unpaired) electrons. The van der Waals surface area contributed by atoms with Gasteiger partial charge in [-0.15, -0.1) is 0 Å². The zero-order valence-corrected chi connectivity index (χ0v) is 6.42. The Labute approximate surface area is 69.3 Å². The number of imidazole rings is 1. The predicted molar refractivity (Wildman–Crippen MR) is 40.8 cm³/mol. The van der Waals surface area contributed by atoms with E-state index in [1.165, 1.54) is 10.8 Å². The van der Waals surface area contributed by atoms with E-state index in [9.17, 15) is 4.79 Å².